The molecule has 0 bridgehead atoms. The molecule has 0 unspecified atom stereocenters. The maximum atomic E-state index is 14.5. The van der Waals surface area contributed by atoms with Crippen LogP contribution < -0.4 is 9.64 Å². The molecular weight excluding hydrogens is 507 g/mol. The summed E-state index contributed by atoms with van der Waals surface area (Å²) >= 11 is 0. The largest absolute Gasteiger partial charge is 0.435 e. The predicted molar refractivity (Wildman–Crippen MR) is 129 cm³/mol. The molecule has 0 saturated carbocycles. The number of carbonyl (C=O) groups excluding carboxylic acids is 1. The van der Waals surface area contributed by atoms with Gasteiger partial charge in [-0.2, -0.15) is 18.2 Å². The van der Waals surface area contributed by atoms with Gasteiger partial charge in [-0.05, 0) is 49.1 Å². The van der Waals surface area contributed by atoms with Gasteiger partial charge in [0.15, 0.2) is 11.6 Å². The van der Waals surface area contributed by atoms with Crippen molar-refractivity contribution >= 4 is 11.9 Å². The van der Waals surface area contributed by atoms with Crippen molar-refractivity contribution in [3.05, 3.63) is 76.5 Å². The summed E-state index contributed by atoms with van der Waals surface area (Å²) in [5.41, 5.74) is 0.0179. The van der Waals surface area contributed by atoms with Gasteiger partial charge >= 0.3 is 6.18 Å². The minimum absolute atomic E-state index is 0.0238. The molecule has 200 valence electrons. The number of piperidine rings is 1. The number of benzene rings is 2. The van der Waals surface area contributed by atoms with E-state index in [1.54, 1.807) is 0 Å². The Morgan fingerprint density at radius 2 is 1.79 bits per heavy atom. The summed E-state index contributed by atoms with van der Waals surface area (Å²) < 4.78 is 73.3. The van der Waals surface area contributed by atoms with Gasteiger partial charge in [0.2, 0.25) is 11.8 Å². The van der Waals surface area contributed by atoms with Crippen molar-refractivity contribution in [1.82, 2.24) is 14.9 Å². The van der Waals surface area contributed by atoms with Gasteiger partial charge in [0, 0.05) is 37.7 Å². The Balaban J connectivity index is 1.48. The van der Waals surface area contributed by atoms with Crippen LogP contribution in [0, 0.1) is 17.6 Å². The van der Waals surface area contributed by atoms with E-state index in [0.29, 0.717) is 35.6 Å². The van der Waals surface area contributed by atoms with Gasteiger partial charge in [-0.3, -0.25) is 4.79 Å². The SMILES string of the molecule is CC1CCN(c2nc3c(c(Oc4ccc(F)cc4F)n2)CN(C(=O)c2cccc(C(F)(F)F)c2)CC3)CC1. The van der Waals surface area contributed by atoms with Gasteiger partial charge in [-0.1, -0.05) is 13.0 Å². The third kappa shape index (κ3) is 5.41. The fourth-order valence-corrected chi connectivity index (χ4v) is 4.65. The number of alkyl halides is 3. The second-order valence-corrected chi connectivity index (χ2v) is 9.66. The molecule has 2 aromatic carbocycles. The molecule has 0 spiro atoms. The first-order valence-electron chi connectivity index (χ1n) is 12.3. The van der Waals surface area contributed by atoms with Crippen LogP contribution in [0.2, 0.25) is 0 Å². The molecule has 38 heavy (non-hydrogen) atoms. The summed E-state index contributed by atoms with van der Waals surface area (Å²) in [6.45, 7) is 3.83. The lowest BCUT2D eigenvalue weighted by molar-refractivity contribution is -0.137. The molecule has 1 saturated heterocycles. The van der Waals surface area contributed by atoms with E-state index in [0.717, 1.165) is 50.2 Å². The second-order valence-electron chi connectivity index (χ2n) is 9.66. The van der Waals surface area contributed by atoms with Crippen LogP contribution >= 0.6 is 0 Å². The molecular formula is C27H25F5N4O2. The third-order valence-electron chi connectivity index (χ3n) is 6.90. The molecule has 5 rings (SSSR count). The van der Waals surface area contributed by atoms with Crippen molar-refractivity contribution in [3.63, 3.8) is 0 Å². The number of nitrogens with zero attached hydrogens (tertiary/aromatic N) is 4. The van der Waals surface area contributed by atoms with Crippen LogP contribution in [-0.4, -0.2) is 40.4 Å². The number of hydrogen-bond acceptors (Lipinski definition) is 5. The fourth-order valence-electron chi connectivity index (χ4n) is 4.65. The average Bonchev–Trinajstić information content (AvgIpc) is 2.89. The van der Waals surface area contributed by atoms with Gasteiger partial charge < -0.3 is 14.5 Å². The summed E-state index contributed by atoms with van der Waals surface area (Å²) in [5, 5.41) is 0. The van der Waals surface area contributed by atoms with E-state index < -0.39 is 29.3 Å². The highest BCUT2D eigenvalue weighted by Crippen LogP contribution is 2.35. The van der Waals surface area contributed by atoms with Crippen LogP contribution in [0.15, 0.2) is 42.5 Å². The monoisotopic (exact) mass is 532 g/mol. The molecule has 3 aromatic rings. The first-order valence-corrected chi connectivity index (χ1v) is 12.3. The highest BCUT2D eigenvalue weighted by Gasteiger charge is 2.33. The normalized spacial score (nSPS) is 16.4. The fraction of sp³-hybridized carbons (Fsp3) is 0.370. The number of ether oxygens (including phenoxy) is 1. The zero-order chi connectivity index (χ0) is 27.0. The number of fused-ring (bicyclic) bond motifs is 1. The lowest BCUT2D eigenvalue weighted by Crippen LogP contribution is -2.38. The minimum Gasteiger partial charge on any atom is -0.435 e. The van der Waals surface area contributed by atoms with Crippen LogP contribution in [0.1, 0.15) is 46.9 Å². The van der Waals surface area contributed by atoms with E-state index in [1.165, 1.54) is 17.0 Å². The Hall–Kier alpha value is -3.76. The standard InChI is InChI=1S/C27H25F5N4O2/c1-16-7-10-35(11-8-16)26-33-22-9-12-36(25(37)17-3-2-4-18(13-17)27(30,31)32)15-20(22)24(34-26)38-23-6-5-19(28)14-21(23)29/h2-6,13-14,16H,7-12,15H2,1H3. The third-order valence-corrected chi connectivity index (χ3v) is 6.90. The zero-order valence-corrected chi connectivity index (χ0v) is 20.6. The van der Waals surface area contributed by atoms with Crippen LogP contribution in [0.5, 0.6) is 11.6 Å². The first-order chi connectivity index (χ1) is 18.1. The number of amides is 1. The predicted octanol–water partition coefficient (Wildman–Crippen LogP) is 6.00. The summed E-state index contributed by atoms with van der Waals surface area (Å²) in [7, 11) is 0. The second kappa shape index (κ2) is 10.2. The average molecular weight is 533 g/mol. The Morgan fingerprint density at radius 1 is 1.03 bits per heavy atom. The quantitative estimate of drug-likeness (QED) is 0.386. The van der Waals surface area contributed by atoms with Crippen molar-refractivity contribution in [2.45, 2.75) is 38.9 Å². The molecule has 11 heteroatoms. The topological polar surface area (TPSA) is 58.6 Å². The van der Waals surface area contributed by atoms with E-state index in [2.05, 4.69) is 11.9 Å². The smallest absolute Gasteiger partial charge is 0.416 e. The van der Waals surface area contributed by atoms with E-state index in [4.69, 9.17) is 9.72 Å². The lowest BCUT2D eigenvalue weighted by Gasteiger charge is -2.33. The van der Waals surface area contributed by atoms with Crippen molar-refractivity contribution < 1.29 is 31.5 Å². The molecule has 0 atom stereocenters. The summed E-state index contributed by atoms with van der Waals surface area (Å²) in [5.74, 6) is -1.50. The van der Waals surface area contributed by atoms with Gasteiger partial charge in [0.05, 0.1) is 23.4 Å². The number of halogens is 5. The van der Waals surface area contributed by atoms with Gasteiger partial charge in [0.25, 0.3) is 5.91 Å². The van der Waals surface area contributed by atoms with Crippen molar-refractivity contribution in [3.8, 4) is 11.6 Å². The number of carbonyl (C=O) groups is 1. The molecule has 0 aliphatic carbocycles. The van der Waals surface area contributed by atoms with Crippen LogP contribution in [0.4, 0.5) is 27.9 Å². The summed E-state index contributed by atoms with van der Waals surface area (Å²) in [6.07, 6.45) is -2.35. The van der Waals surface area contributed by atoms with E-state index in [-0.39, 0.29) is 30.3 Å². The Kier molecular flexibility index (Phi) is 6.93. The molecule has 1 amide bonds. The van der Waals surface area contributed by atoms with E-state index >= 15 is 0 Å². The number of hydrogen-bond donors (Lipinski definition) is 0. The number of rotatable bonds is 4. The van der Waals surface area contributed by atoms with Crippen molar-refractivity contribution in [1.29, 1.82) is 0 Å². The van der Waals surface area contributed by atoms with Gasteiger partial charge in [-0.25, -0.2) is 13.8 Å². The maximum Gasteiger partial charge on any atom is 0.416 e. The summed E-state index contributed by atoms with van der Waals surface area (Å²) in [6, 6.07) is 7.14. The molecule has 2 aliphatic heterocycles. The maximum absolute atomic E-state index is 14.5. The van der Waals surface area contributed by atoms with Crippen LogP contribution in [0.3, 0.4) is 0 Å². The van der Waals surface area contributed by atoms with E-state index in [1.807, 2.05) is 4.90 Å². The minimum atomic E-state index is -4.58. The first kappa shape index (κ1) is 25.9. The molecule has 1 fully saturated rings. The highest BCUT2D eigenvalue weighted by molar-refractivity contribution is 5.94. The Morgan fingerprint density at radius 3 is 2.50 bits per heavy atom. The molecule has 6 nitrogen and oxygen atoms in total. The van der Waals surface area contributed by atoms with Crippen LogP contribution in [-0.2, 0) is 19.1 Å². The molecule has 0 N–H and O–H groups in total. The van der Waals surface area contributed by atoms with Gasteiger partial charge in [0.1, 0.15) is 5.82 Å². The number of aromatic nitrogens is 2. The lowest BCUT2D eigenvalue weighted by atomic mass is 9.99. The van der Waals surface area contributed by atoms with Crippen LogP contribution in [0.25, 0.3) is 0 Å². The Labute approximate surface area is 216 Å². The van der Waals surface area contributed by atoms with Crippen molar-refractivity contribution in [2.75, 3.05) is 24.5 Å². The highest BCUT2D eigenvalue weighted by atomic mass is 19.4. The molecule has 1 aromatic heterocycles. The Bertz CT molecular complexity index is 1360. The molecule has 3 heterocycles. The van der Waals surface area contributed by atoms with Crippen molar-refractivity contribution in [2.24, 2.45) is 5.92 Å². The zero-order valence-electron chi connectivity index (χ0n) is 20.6. The summed E-state index contributed by atoms with van der Waals surface area (Å²) in [4.78, 5) is 25.8. The van der Waals surface area contributed by atoms with E-state index in [9.17, 15) is 26.7 Å². The molecule has 0 radical (unpaired) electrons. The number of anilines is 1. The molecule has 2 aliphatic rings. The van der Waals surface area contributed by atoms with Gasteiger partial charge in [-0.15, -0.1) is 0 Å².